The molecule has 0 radical (unpaired) electrons. The molecule has 322 valence electrons. The fraction of sp³-hybridized carbons (Fsp3) is 0.818. The Morgan fingerprint density at radius 3 is 2.39 bits per heavy atom. The van der Waals surface area contributed by atoms with Crippen LogP contribution in [-0.4, -0.2) is 138 Å². The molecule has 12 atom stereocenters. The number of morpholine rings is 1. The monoisotopic (exact) mass is 802 g/mol. The number of cyclic esters (lactones) is 1. The van der Waals surface area contributed by atoms with Crippen molar-refractivity contribution in [3.63, 3.8) is 0 Å². The summed E-state index contributed by atoms with van der Waals surface area (Å²) in [6.45, 7) is 14.3. The number of carbonyl (C=O) groups is 4. The quantitative estimate of drug-likeness (QED) is 0.227. The van der Waals surface area contributed by atoms with Crippen LogP contribution in [0.2, 0.25) is 0 Å². The minimum Gasteiger partial charge on any atom is -0.456 e. The van der Waals surface area contributed by atoms with Gasteiger partial charge in [-0.1, -0.05) is 45.4 Å². The van der Waals surface area contributed by atoms with Crippen molar-refractivity contribution in [1.29, 1.82) is 0 Å². The van der Waals surface area contributed by atoms with Gasteiger partial charge >= 0.3 is 5.97 Å². The molecule has 2 N–H and O–H groups in total. The van der Waals surface area contributed by atoms with Crippen LogP contribution in [0.15, 0.2) is 23.3 Å². The predicted molar refractivity (Wildman–Crippen MR) is 213 cm³/mol. The zero-order chi connectivity index (χ0) is 41.7. The number of Topliss-reactive ketones (excluding diaryl/α,β-unsaturated/α-hetero) is 2. The summed E-state index contributed by atoms with van der Waals surface area (Å²) in [5, 5.41) is 23.8. The molecule has 1 amide bonds. The van der Waals surface area contributed by atoms with E-state index in [1.54, 1.807) is 28.1 Å². The number of ether oxygens (including phenoxy) is 5. The second kappa shape index (κ2) is 19.7. The van der Waals surface area contributed by atoms with E-state index >= 15 is 0 Å². The SMILES string of the molecule is CCC1C=C(C)CC(C)CC(OC)C2OC(O)(C(=O)C(=O)N3CCCCC3C(=O)OC(C(C)=CC34CCCCN3CCOC4)C(C)C(O)CC1=O)C(C)CC2OC. The first-order valence-electron chi connectivity index (χ1n) is 21.5. The van der Waals surface area contributed by atoms with E-state index in [0.29, 0.717) is 45.3 Å². The van der Waals surface area contributed by atoms with Crippen molar-refractivity contribution in [2.24, 2.45) is 23.7 Å². The molecule has 4 saturated heterocycles. The Hall–Kier alpha value is -2.52. The molecule has 0 saturated carbocycles. The number of piperidine rings is 2. The number of rotatable bonds is 5. The highest BCUT2D eigenvalue weighted by molar-refractivity contribution is 6.39. The molecule has 5 aliphatic heterocycles. The third-order valence-electron chi connectivity index (χ3n) is 13.6. The molecule has 13 nitrogen and oxygen atoms in total. The van der Waals surface area contributed by atoms with Crippen molar-refractivity contribution >= 4 is 23.4 Å². The number of carbonyl (C=O) groups excluding carboxylic acids is 4. The van der Waals surface area contributed by atoms with Gasteiger partial charge in [-0.25, -0.2) is 4.79 Å². The molecule has 57 heavy (non-hydrogen) atoms. The number of methoxy groups -OCH3 is 2. The molecule has 0 aromatic carbocycles. The first-order chi connectivity index (χ1) is 27.1. The number of esters is 1. The van der Waals surface area contributed by atoms with Crippen molar-refractivity contribution in [2.45, 2.75) is 160 Å². The summed E-state index contributed by atoms with van der Waals surface area (Å²) < 4.78 is 30.4. The summed E-state index contributed by atoms with van der Waals surface area (Å²) in [6, 6.07) is -1.11. The minimum absolute atomic E-state index is 0.0475. The average Bonchev–Trinajstić information content (AvgIpc) is 3.20. The smallest absolute Gasteiger partial charge is 0.329 e. The van der Waals surface area contributed by atoms with Gasteiger partial charge in [-0.3, -0.25) is 19.3 Å². The number of aliphatic hydroxyl groups excluding tert-OH is 1. The number of hydrogen-bond donors (Lipinski definition) is 2. The maximum Gasteiger partial charge on any atom is 0.329 e. The van der Waals surface area contributed by atoms with Crippen LogP contribution in [0.4, 0.5) is 0 Å². The maximum absolute atomic E-state index is 14.4. The normalized spacial score (nSPS) is 40.4. The molecular weight excluding hydrogens is 732 g/mol. The van der Waals surface area contributed by atoms with E-state index in [4.69, 9.17) is 23.7 Å². The highest BCUT2D eigenvalue weighted by atomic mass is 16.7. The van der Waals surface area contributed by atoms with Crippen LogP contribution in [0.3, 0.4) is 0 Å². The fourth-order valence-corrected chi connectivity index (χ4v) is 10.1. The van der Waals surface area contributed by atoms with Gasteiger partial charge in [0.15, 0.2) is 0 Å². The van der Waals surface area contributed by atoms with Gasteiger partial charge in [0, 0.05) is 51.5 Å². The van der Waals surface area contributed by atoms with Gasteiger partial charge in [-0.2, -0.15) is 0 Å². The van der Waals surface area contributed by atoms with E-state index in [9.17, 15) is 29.4 Å². The Morgan fingerprint density at radius 1 is 0.982 bits per heavy atom. The highest BCUT2D eigenvalue weighted by Crippen LogP contribution is 2.40. The van der Waals surface area contributed by atoms with E-state index in [0.717, 1.165) is 43.5 Å². The highest BCUT2D eigenvalue weighted by Gasteiger charge is 2.56. The van der Waals surface area contributed by atoms with Gasteiger partial charge in [-0.05, 0) is 96.1 Å². The van der Waals surface area contributed by atoms with Crippen LogP contribution < -0.4 is 0 Å². The zero-order valence-corrected chi connectivity index (χ0v) is 35.7. The number of amides is 1. The Balaban J connectivity index is 1.55. The molecule has 5 rings (SSSR count). The fourth-order valence-electron chi connectivity index (χ4n) is 10.1. The molecule has 0 aromatic heterocycles. The first kappa shape index (κ1) is 45.6. The summed E-state index contributed by atoms with van der Waals surface area (Å²) in [4.78, 5) is 60.5. The number of allylic oxidation sites excluding steroid dienone is 2. The first-order valence-corrected chi connectivity index (χ1v) is 21.5. The van der Waals surface area contributed by atoms with Crippen LogP contribution in [0.1, 0.15) is 112 Å². The summed E-state index contributed by atoms with van der Waals surface area (Å²) in [5.74, 6) is -7.31. The van der Waals surface area contributed by atoms with E-state index < -0.39 is 83.3 Å². The van der Waals surface area contributed by atoms with Crippen molar-refractivity contribution in [1.82, 2.24) is 9.80 Å². The van der Waals surface area contributed by atoms with Crippen molar-refractivity contribution in [3.8, 4) is 0 Å². The zero-order valence-electron chi connectivity index (χ0n) is 35.7. The third-order valence-corrected chi connectivity index (χ3v) is 13.6. The maximum atomic E-state index is 14.4. The molecule has 5 aliphatic rings. The van der Waals surface area contributed by atoms with Gasteiger partial charge in [0.25, 0.3) is 11.7 Å². The molecule has 0 aromatic rings. The van der Waals surface area contributed by atoms with Gasteiger partial charge in [-0.15, -0.1) is 0 Å². The summed E-state index contributed by atoms with van der Waals surface area (Å²) in [6.07, 6.45) is 6.24. The van der Waals surface area contributed by atoms with Crippen LogP contribution in [0, 0.1) is 23.7 Å². The van der Waals surface area contributed by atoms with Gasteiger partial charge in [0.1, 0.15) is 24.0 Å². The van der Waals surface area contributed by atoms with E-state index in [2.05, 4.69) is 17.9 Å². The van der Waals surface area contributed by atoms with Gasteiger partial charge < -0.3 is 38.8 Å². The van der Waals surface area contributed by atoms with Crippen LogP contribution in [0.25, 0.3) is 0 Å². The molecule has 5 heterocycles. The Kier molecular flexibility index (Phi) is 15.7. The molecule has 2 bridgehead atoms. The number of ketones is 2. The minimum atomic E-state index is -2.49. The largest absolute Gasteiger partial charge is 0.456 e. The van der Waals surface area contributed by atoms with Crippen molar-refractivity contribution in [3.05, 3.63) is 23.3 Å². The molecule has 12 unspecified atom stereocenters. The van der Waals surface area contributed by atoms with Gasteiger partial charge in [0.05, 0.1) is 37.1 Å². The summed E-state index contributed by atoms with van der Waals surface area (Å²) in [5.41, 5.74) is 1.34. The Bertz CT molecular complexity index is 1490. The molecule has 4 fully saturated rings. The lowest BCUT2D eigenvalue weighted by Crippen LogP contribution is -2.64. The van der Waals surface area contributed by atoms with Crippen LogP contribution in [0.5, 0.6) is 0 Å². The Labute approximate surface area is 339 Å². The van der Waals surface area contributed by atoms with Gasteiger partial charge in [0.2, 0.25) is 5.79 Å². The number of fused-ring (bicyclic) bond motifs is 4. The molecule has 0 aliphatic carbocycles. The third kappa shape index (κ3) is 10.1. The van der Waals surface area contributed by atoms with E-state index in [-0.39, 0.29) is 37.5 Å². The summed E-state index contributed by atoms with van der Waals surface area (Å²) >= 11 is 0. The number of aliphatic hydroxyl groups is 2. The lowest BCUT2D eigenvalue weighted by Gasteiger charge is -2.49. The number of nitrogens with zero attached hydrogens (tertiary/aromatic N) is 2. The topological polar surface area (TPSA) is 161 Å². The molecule has 13 heteroatoms. The van der Waals surface area contributed by atoms with Crippen LogP contribution in [-0.2, 0) is 42.9 Å². The lowest BCUT2D eigenvalue weighted by atomic mass is 9.81. The predicted octanol–water partition coefficient (Wildman–Crippen LogP) is 4.55. The number of hydrogen-bond acceptors (Lipinski definition) is 12. The second-order valence-corrected chi connectivity index (χ2v) is 17.8. The standard InChI is InChI=1S/C44H70N2O11/c1-9-32-21-27(2)20-28(3)22-36(53-7)39-37(54-8)23-30(5)44(52,57-39)40(49)41(50)46-17-12-10-14-33(46)42(51)56-38(31(6)34(47)24-35(32)48)29(4)25-43-15-11-13-16-45(43)18-19-55-26-43/h21,25,28,30-34,36-39,47,52H,9-20,22-24,26H2,1-8H3. The average molecular weight is 803 g/mol. The molecule has 0 spiro atoms. The molecular formula is C44H70N2O11. The van der Waals surface area contributed by atoms with E-state index in [1.165, 1.54) is 4.90 Å². The van der Waals surface area contributed by atoms with E-state index in [1.807, 2.05) is 26.8 Å². The van der Waals surface area contributed by atoms with Crippen molar-refractivity contribution < 1.29 is 53.1 Å². The lowest BCUT2D eigenvalue weighted by molar-refractivity contribution is -0.302. The van der Waals surface area contributed by atoms with Crippen molar-refractivity contribution in [2.75, 3.05) is 47.1 Å². The van der Waals surface area contributed by atoms with Crippen LogP contribution >= 0.6 is 0 Å². The Morgan fingerprint density at radius 2 is 1.68 bits per heavy atom. The summed E-state index contributed by atoms with van der Waals surface area (Å²) in [7, 11) is 3.09. The second-order valence-electron chi connectivity index (χ2n) is 17.8.